The zero-order valence-electron chi connectivity index (χ0n) is 12.9. The lowest BCUT2D eigenvalue weighted by Crippen LogP contribution is -2.17. The van der Waals surface area contributed by atoms with E-state index in [1.54, 1.807) is 7.11 Å². The molecule has 2 N–H and O–H groups in total. The molecule has 0 saturated heterocycles. The van der Waals surface area contributed by atoms with Crippen LogP contribution in [0.25, 0.3) is 0 Å². The first kappa shape index (κ1) is 16.2. The van der Waals surface area contributed by atoms with Crippen LogP contribution in [0.15, 0.2) is 24.4 Å². The van der Waals surface area contributed by atoms with Crippen molar-refractivity contribution in [2.45, 2.75) is 33.2 Å². The lowest BCUT2D eigenvalue weighted by Gasteiger charge is -2.18. The average molecular weight is 396 g/mol. The van der Waals surface area contributed by atoms with Gasteiger partial charge in [0.25, 0.3) is 0 Å². The molecule has 0 saturated carbocycles. The third-order valence-electron chi connectivity index (χ3n) is 3.78. The van der Waals surface area contributed by atoms with Crippen LogP contribution in [-0.2, 0) is 6.42 Å². The van der Waals surface area contributed by atoms with Crippen molar-refractivity contribution in [3.05, 3.63) is 55.9 Å². The summed E-state index contributed by atoms with van der Waals surface area (Å²) in [7, 11) is 1.70. The molecule has 0 amide bonds. The fourth-order valence-electron chi connectivity index (χ4n) is 2.55. The van der Waals surface area contributed by atoms with Gasteiger partial charge in [0.2, 0.25) is 0 Å². The highest BCUT2D eigenvalue weighted by atomic mass is 127. The molecule has 112 valence electrons. The van der Waals surface area contributed by atoms with Crippen molar-refractivity contribution in [2.75, 3.05) is 7.11 Å². The van der Waals surface area contributed by atoms with Gasteiger partial charge in [-0.3, -0.25) is 4.98 Å². The number of hydrogen-bond acceptors (Lipinski definition) is 3. The van der Waals surface area contributed by atoms with Gasteiger partial charge in [0.1, 0.15) is 5.75 Å². The van der Waals surface area contributed by atoms with Crippen molar-refractivity contribution in [2.24, 2.45) is 5.73 Å². The molecule has 0 aliphatic rings. The SMILES string of the molecule is COc1c(C)cnc(CC(N)c2cccc(C)c2I)c1C. The molecule has 0 bridgehead atoms. The summed E-state index contributed by atoms with van der Waals surface area (Å²) >= 11 is 2.37. The van der Waals surface area contributed by atoms with Gasteiger partial charge in [-0.25, -0.2) is 0 Å². The molecule has 1 atom stereocenters. The average Bonchev–Trinajstić information content (AvgIpc) is 2.45. The summed E-state index contributed by atoms with van der Waals surface area (Å²) in [4.78, 5) is 4.54. The molecular formula is C17H21IN2O. The van der Waals surface area contributed by atoms with E-state index in [1.807, 2.05) is 20.0 Å². The second-order valence-electron chi connectivity index (χ2n) is 5.33. The van der Waals surface area contributed by atoms with Gasteiger partial charge < -0.3 is 10.5 Å². The normalized spacial score (nSPS) is 12.3. The van der Waals surface area contributed by atoms with Crippen molar-refractivity contribution in [3.63, 3.8) is 0 Å². The van der Waals surface area contributed by atoms with Crippen molar-refractivity contribution in [1.82, 2.24) is 4.98 Å². The van der Waals surface area contributed by atoms with Crippen LogP contribution in [0.3, 0.4) is 0 Å². The molecule has 21 heavy (non-hydrogen) atoms. The third-order valence-corrected chi connectivity index (χ3v) is 5.26. The maximum atomic E-state index is 6.41. The predicted octanol–water partition coefficient (Wildman–Crippen LogP) is 3.86. The largest absolute Gasteiger partial charge is 0.496 e. The molecule has 0 spiro atoms. The highest BCUT2D eigenvalue weighted by molar-refractivity contribution is 14.1. The first-order valence-electron chi connectivity index (χ1n) is 6.95. The number of halogens is 1. The Hall–Kier alpha value is -1.14. The van der Waals surface area contributed by atoms with E-state index in [4.69, 9.17) is 10.5 Å². The van der Waals surface area contributed by atoms with Crippen LogP contribution in [0.1, 0.15) is 34.0 Å². The van der Waals surface area contributed by atoms with Gasteiger partial charge in [-0.15, -0.1) is 0 Å². The summed E-state index contributed by atoms with van der Waals surface area (Å²) in [6.45, 7) is 6.16. The first-order valence-corrected chi connectivity index (χ1v) is 8.03. The summed E-state index contributed by atoms with van der Waals surface area (Å²) in [5.41, 5.74) is 12.0. The monoisotopic (exact) mass is 396 g/mol. The topological polar surface area (TPSA) is 48.1 Å². The molecule has 1 aromatic heterocycles. The van der Waals surface area contributed by atoms with E-state index in [1.165, 1.54) is 14.7 Å². The van der Waals surface area contributed by atoms with E-state index in [0.717, 1.165) is 22.6 Å². The zero-order chi connectivity index (χ0) is 15.6. The van der Waals surface area contributed by atoms with Crippen LogP contribution in [0, 0.1) is 24.3 Å². The Bertz CT molecular complexity index is 655. The molecule has 3 nitrogen and oxygen atoms in total. The van der Waals surface area contributed by atoms with Crippen molar-refractivity contribution in [3.8, 4) is 5.75 Å². The third kappa shape index (κ3) is 3.37. The number of pyridine rings is 1. The maximum absolute atomic E-state index is 6.41. The highest BCUT2D eigenvalue weighted by Crippen LogP contribution is 2.28. The Labute approximate surface area is 140 Å². The summed E-state index contributed by atoms with van der Waals surface area (Å²) < 4.78 is 6.70. The van der Waals surface area contributed by atoms with Gasteiger partial charge in [-0.2, -0.15) is 0 Å². The van der Waals surface area contributed by atoms with Crippen molar-refractivity contribution >= 4 is 22.6 Å². The lowest BCUT2D eigenvalue weighted by atomic mass is 9.98. The molecule has 1 heterocycles. The molecular weight excluding hydrogens is 375 g/mol. The van der Waals surface area contributed by atoms with E-state index >= 15 is 0 Å². The maximum Gasteiger partial charge on any atom is 0.128 e. The Balaban J connectivity index is 2.32. The van der Waals surface area contributed by atoms with E-state index < -0.39 is 0 Å². The summed E-state index contributed by atoms with van der Waals surface area (Å²) in [5, 5.41) is 0. The smallest absolute Gasteiger partial charge is 0.128 e. The van der Waals surface area contributed by atoms with Crippen LogP contribution in [0.5, 0.6) is 5.75 Å². The molecule has 0 aliphatic carbocycles. The summed E-state index contributed by atoms with van der Waals surface area (Å²) in [5.74, 6) is 0.908. The van der Waals surface area contributed by atoms with Gasteiger partial charge >= 0.3 is 0 Å². The number of hydrogen-bond donors (Lipinski definition) is 1. The number of nitrogens with two attached hydrogens (primary N) is 1. The Morgan fingerprint density at radius 2 is 1.95 bits per heavy atom. The minimum Gasteiger partial charge on any atom is -0.496 e. The number of methoxy groups -OCH3 is 1. The quantitative estimate of drug-likeness (QED) is 0.799. The second-order valence-corrected chi connectivity index (χ2v) is 6.41. The summed E-state index contributed by atoms with van der Waals surface area (Å²) in [6.07, 6.45) is 2.57. The molecule has 0 aliphatic heterocycles. The van der Waals surface area contributed by atoms with E-state index in [9.17, 15) is 0 Å². The lowest BCUT2D eigenvalue weighted by molar-refractivity contribution is 0.406. The van der Waals surface area contributed by atoms with Crippen LogP contribution >= 0.6 is 22.6 Å². The molecule has 4 heteroatoms. The van der Waals surface area contributed by atoms with Crippen LogP contribution in [-0.4, -0.2) is 12.1 Å². The van der Waals surface area contributed by atoms with Crippen LogP contribution < -0.4 is 10.5 Å². The molecule has 0 radical (unpaired) electrons. The summed E-state index contributed by atoms with van der Waals surface area (Å²) in [6, 6.07) is 6.20. The van der Waals surface area contributed by atoms with E-state index in [-0.39, 0.29) is 6.04 Å². The predicted molar refractivity (Wildman–Crippen MR) is 94.8 cm³/mol. The Morgan fingerprint density at radius 1 is 1.24 bits per heavy atom. The minimum atomic E-state index is -0.0598. The van der Waals surface area contributed by atoms with Gasteiger partial charge in [0.05, 0.1) is 7.11 Å². The number of ether oxygens (including phenoxy) is 1. The van der Waals surface area contributed by atoms with Gasteiger partial charge in [-0.05, 0) is 54.5 Å². The van der Waals surface area contributed by atoms with E-state index in [0.29, 0.717) is 6.42 Å². The minimum absolute atomic E-state index is 0.0598. The van der Waals surface area contributed by atoms with Crippen LogP contribution in [0.2, 0.25) is 0 Å². The molecule has 2 rings (SSSR count). The first-order chi connectivity index (χ1) is 9.95. The number of nitrogens with zero attached hydrogens (tertiary/aromatic N) is 1. The number of rotatable bonds is 4. The van der Waals surface area contributed by atoms with Crippen molar-refractivity contribution in [1.29, 1.82) is 0 Å². The fourth-order valence-corrected chi connectivity index (χ4v) is 3.31. The fraction of sp³-hybridized carbons (Fsp3) is 0.353. The molecule has 2 aromatic rings. The number of aromatic nitrogens is 1. The molecule has 0 fully saturated rings. The highest BCUT2D eigenvalue weighted by Gasteiger charge is 2.16. The van der Waals surface area contributed by atoms with E-state index in [2.05, 4.69) is 52.7 Å². The zero-order valence-corrected chi connectivity index (χ0v) is 15.1. The van der Waals surface area contributed by atoms with Crippen molar-refractivity contribution < 1.29 is 4.74 Å². The second kappa shape index (κ2) is 6.75. The number of benzene rings is 1. The Morgan fingerprint density at radius 3 is 2.62 bits per heavy atom. The Kier molecular flexibility index (Phi) is 5.22. The van der Waals surface area contributed by atoms with Gasteiger partial charge in [0, 0.05) is 39.1 Å². The van der Waals surface area contributed by atoms with Gasteiger partial charge in [-0.1, -0.05) is 18.2 Å². The molecule has 1 aromatic carbocycles. The number of aryl methyl sites for hydroxylation is 2. The molecule has 1 unspecified atom stereocenters. The van der Waals surface area contributed by atoms with Crippen LogP contribution in [0.4, 0.5) is 0 Å². The standard InChI is InChI=1S/C17H21IN2O/c1-10-6-5-7-13(16(10)18)14(19)8-15-12(3)17(21-4)11(2)9-20-15/h5-7,9,14H,8,19H2,1-4H3. The van der Waals surface area contributed by atoms with Gasteiger partial charge in [0.15, 0.2) is 0 Å².